The lowest BCUT2D eigenvalue weighted by Crippen LogP contribution is -2.41. The van der Waals surface area contributed by atoms with Crippen LogP contribution in [0.3, 0.4) is 0 Å². The zero-order chi connectivity index (χ0) is 21.6. The number of piperidine rings is 1. The number of likely N-dealkylation sites (tertiary alicyclic amines) is 1. The van der Waals surface area contributed by atoms with E-state index in [1.54, 1.807) is 4.90 Å². The van der Waals surface area contributed by atoms with E-state index < -0.39 is 0 Å². The second-order valence-corrected chi connectivity index (χ2v) is 7.76. The van der Waals surface area contributed by atoms with E-state index in [2.05, 4.69) is 0 Å². The third kappa shape index (κ3) is 5.18. The number of carbonyl (C=O) groups excluding carboxylic acids is 2. The van der Waals surface area contributed by atoms with E-state index in [0.29, 0.717) is 43.7 Å². The molecule has 4 nitrogen and oxygen atoms in total. The lowest BCUT2D eigenvalue weighted by molar-refractivity contribution is -0.140. The van der Waals surface area contributed by atoms with Gasteiger partial charge >= 0.3 is 5.97 Å². The molecule has 0 spiro atoms. The Morgan fingerprint density at radius 2 is 1.52 bits per heavy atom. The molecule has 0 bridgehead atoms. The molecule has 1 amide bonds. The van der Waals surface area contributed by atoms with Crippen LogP contribution in [0.1, 0.15) is 34.3 Å². The van der Waals surface area contributed by atoms with Crippen molar-refractivity contribution < 1.29 is 18.7 Å². The van der Waals surface area contributed by atoms with Crippen molar-refractivity contribution >= 4 is 11.9 Å². The molecule has 0 radical (unpaired) electrons. The second kappa shape index (κ2) is 9.56. The van der Waals surface area contributed by atoms with E-state index in [4.69, 9.17) is 4.74 Å². The van der Waals surface area contributed by atoms with Crippen LogP contribution < -0.4 is 4.74 Å². The molecular weight excluding hydrogens is 393 g/mol. The SMILES string of the molecule is O=C(Oc1ccccc1Cc1ccccc1)C1CCN(C(=O)c2ccc(F)cc2)CC1. The van der Waals surface area contributed by atoms with Crippen molar-refractivity contribution in [1.82, 2.24) is 4.90 Å². The average molecular weight is 417 g/mol. The number of halogens is 1. The molecule has 1 aliphatic rings. The molecule has 1 saturated heterocycles. The quantitative estimate of drug-likeness (QED) is 0.439. The highest BCUT2D eigenvalue weighted by atomic mass is 19.1. The van der Waals surface area contributed by atoms with Gasteiger partial charge in [-0.2, -0.15) is 0 Å². The fourth-order valence-corrected chi connectivity index (χ4v) is 3.85. The predicted molar refractivity (Wildman–Crippen MR) is 116 cm³/mol. The topological polar surface area (TPSA) is 46.6 Å². The summed E-state index contributed by atoms with van der Waals surface area (Å²) in [6.07, 6.45) is 1.79. The van der Waals surface area contributed by atoms with E-state index in [1.807, 2.05) is 54.6 Å². The number of carbonyl (C=O) groups is 2. The maximum absolute atomic E-state index is 13.1. The molecule has 1 heterocycles. The Morgan fingerprint density at radius 3 is 2.23 bits per heavy atom. The summed E-state index contributed by atoms with van der Waals surface area (Å²) in [6, 6.07) is 23.2. The molecule has 1 aliphatic heterocycles. The van der Waals surface area contributed by atoms with Crippen molar-refractivity contribution in [2.45, 2.75) is 19.3 Å². The van der Waals surface area contributed by atoms with E-state index in [1.165, 1.54) is 24.3 Å². The Labute approximate surface area is 181 Å². The van der Waals surface area contributed by atoms with Crippen LogP contribution >= 0.6 is 0 Å². The number of para-hydroxylation sites is 1. The van der Waals surface area contributed by atoms with Gasteiger partial charge in [0.2, 0.25) is 0 Å². The molecule has 158 valence electrons. The normalized spacial score (nSPS) is 14.3. The summed E-state index contributed by atoms with van der Waals surface area (Å²) in [7, 11) is 0. The van der Waals surface area contributed by atoms with Gasteiger partial charge < -0.3 is 9.64 Å². The van der Waals surface area contributed by atoms with Crippen LogP contribution in [0, 0.1) is 11.7 Å². The summed E-state index contributed by atoms with van der Waals surface area (Å²) >= 11 is 0. The van der Waals surface area contributed by atoms with Crippen molar-refractivity contribution in [2.24, 2.45) is 5.92 Å². The second-order valence-electron chi connectivity index (χ2n) is 7.76. The van der Waals surface area contributed by atoms with Crippen LogP contribution in [0.5, 0.6) is 5.75 Å². The predicted octanol–water partition coefficient (Wildman–Crippen LogP) is 4.87. The maximum atomic E-state index is 13.1. The van der Waals surface area contributed by atoms with Crippen molar-refractivity contribution in [3.05, 3.63) is 101 Å². The Morgan fingerprint density at radius 1 is 0.871 bits per heavy atom. The maximum Gasteiger partial charge on any atom is 0.314 e. The van der Waals surface area contributed by atoms with E-state index in [9.17, 15) is 14.0 Å². The summed E-state index contributed by atoms with van der Waals surface area (Å²) in [5, 5.41) is 0. The number of hydrogen-bond acceptors (Lipinski definition) is 3. The monoisotopic (exact) mass is 417 g/mol. The van der Waals surface area contributed by atoms with Crippen LogP contribution in [0.4, 0.5) is 4.39 Å². The van der Waals surface area contributed by atoms with Crippen molar-refractivity contribution in [3.63, 3.8) is 0 Å². The van der Waals surface area contributed by atoms with Gasteiger partial charge in [0.15, 0.2) is 0 Å². The lowest BCUT2D eigenvalue weighted by Gasteiger charge is -2.31. The standard InChI is InChI=1S/C26H24FNO3/c27-23-12-10-20(11-13-23)25(29)28-16-14-21(15-17-28)26(30)31-24-9-5-4-8-22(24)18-19-6-2-1-3-7-19/h1-13,21H,14-18H2. The Balaban J connectivity index is 1.35. The minimum Gasteiger partial charge on any atom is -0.426 e. The number of benzene rings is 3. The van der Waals surface area contributed by atoms with Crippen LogP contribution in [-0.2, 0) is 11.2 Å². The third-order valence-electron chi connectivity index (χ3n) is 5.63. The molecule has 0 aliphatic carbocycles. The molecule has 0 aromatic heterocycles. The number of hydrogen-bond donors (Lipinski definition) is 0. The highest BCUT2D eigenvalue weighted by Crippen LogP contribution is 2.25. The zero-order valence-electron chi connectivity index (χ0n) is 17.2. The molecule has 31 heavy (non-hydrogen) atoms. The van der Waals surface area contributed by atoms with Crippen molar-refractivity contribution in [2.75, 3.05) is 13.1 Å². The van der Waals surface area contributed by atoms with E-state index >= 15 is 0 Å². The number of rotatable bonds is 5. The van der Waals surface area contributed by atoms with Gasteiger partial charge in [-0.25, -0.2) is 4.39 Å². The van der Waals surface area contributed by atoms with Gasteiger partial charge in [-0.15, -0.1) is 0 Å². The molecule has 0 unspecified atom stereocenters. The molecule has 3 aromatic carbocycles. The summed E-state index contributed by atoms with van der Waals surface area (Å²) in [6.45, 7) is 0.948. The number of ether oxygens (including phenoxy) is 1. The van der Waals surface area contributed by atoms with Gasteiger partial charge in [-0.3, -0.25) is 9.59 Å². The van der Waals surface area contributed by atoms with Gasteiger partial charge in [0.25, 0.3) is 5.91 Å². The largest absolute Gasteiger partial charge is 0.426 e. The Hall–Kier alpha value is -3.47. The van der Waals surface area contributed by atoms with Crippen molar-refractivity contribution in [1.29, 1.82) is 0 Å². The third-order valence-corrected chi connectivity index (χ3v) is 5.63. The first-order chi connectivity index (χ1) is 15.1. The lowest BCUT2D eigenvalue weighted by atomic mass is 9.96. The average Bonchev–Trinajstić information content (AvgIpc) is 2.81. The fraction of sp³-hybridized carbons (Fsp3) is 0.231. The molecule has 0 atom stereocenters. The minimum absolute atomic E-state index is 0.139. The van der Waals surface area contributed by atoms with Crippen LogP contribution in [-0.4, -0.2) is 29.9 Å². The van der Waals surface area contributed by atoms with Crippen LogP contribution in [0.15, 0.2) is 78.9 Å². The minimum atomic E-state index is -0.370. The molecule has 5 heteroatoms. The highest BCUT2D eigenvalue weighted by Gasteiger charge is 2.29. The fourth-order valence-electron chi connectivity index (χ4n) is 3.85. The first kappa shape index (κ1) is 20.8. The zero-order valence-corrected chi connectivity index (χ0v) is 17.2. The number of nitrogens with zero attached hydrogens (tertiary/aromatic N) is 1. The van der Waals surface area contributed by atoms with Gasteiger partial charge in [0, 0.05) is 25.1 Å². The van der Waals surface area contributed by atoms with E-state index in [-0.39, 0.29) is 23.6 Å². The molecule has 4 rings (SSSR count). The molecule has 0 N–H and O–H groups in total. The summed E-state index contributed by atoms with van der Waals surface area (Å²) in [5.41, 5.74) is 2.57. The van der Waals surface area contributed by atoms with E-state index in [0.717, 1.165) is 11.1 Å². The van der Waals surface area contributed by atoms with Crippen molar-refractivity contribution in [3.8, 4) is 5.75 Å². The van der Waals surface area contributed by atoms with Crippen LogP contribution in [0.25, 0.3) is 0 Å². The number of amides is 1. The molecular formula is C26H24FNO3. The summed E-state index contributed by atoms with van der Waals surface area (Å²) < 4.78 is 18.9. The van der Waals surface area contributed by atoms with Gasteiger partial charge in [-0.1, -0.05) is 48.5 Å². The molecule has 1 fully saturated rings. The molecule has 3 aromatic rings. The Bertz CT molecular complexity index is 1040. The summed E-state index contributed by atoms with van der Waals surface area (Å²) in [4.78, 5) is 27.1. The highest BCUT2D eigenvalue weighted by molar-refractivity contribution is 5.94. The van der Waals surface area contributed by atoms with Gasteiger partial charge in [0.05, 0.1) is 5.92 Å². The smallest absolute Gasteiger partial charge is 0.314 e. The van der Waals surface area contributed by atoms with Gasteiger partial charge in [-0.05, 0) is 54.3 Å². The number of esters is 1. The summed E-state index contributed by atoms with van der Waals surface area (Å²) in [5.74, 6) is -0.428. The first-order valence-electron chi connectivity index (χ1n) is 10.5. The first-order valence-corrected chi connectivity index (χ1v) is 10.5. The van der Waals surface area contributed by atoms with Crippen LogP contribution in [0.2, 0.25) is 0 Å². The van der Waals surface area contributed by atoms with Gasteiger partial charge in [0.1, 0.15) is 11.6 Å². The Kier molecular flexibility index (Phi) is 6.41. The molecule has 0 saturated carbocycles.